The lowest BCUT2D eigenvalue weighted by atomic mass is 10.0. The van der Waals surface area contributed by atoms with Crippen molar-refractivity contribution >= 4 is 15.9 Å². The monoisotopic (exact) mass is 304 g/mol. The van der Waals surface area contributed by atoms with Gasteiger partial charge >= 0.3 is 12.1 Å². The molecule has 1 heterocycles. The molecule has 1 aromatic heterocycles. The number of pyridine rings is 1. The number of hydrogen-bond donors (Lipinski definition) is 1. The Morgan fingerprint density at radius 3 is 2.25 bits per heavy atom. The minimum Gasteiger partial charge on any atom is -0.319 e. The summed E-state index contributed by atoms with van der Waals surface area (Å²) in [6.45, 7) is 0. The van der Waals surface area contributed by atoms with Crippen molar-refractivity contribution in [2.24, 2.45) is 5.73 Å². The van der Waals surface area contributed by atoms with E-state index < -0.39 is 23.7 Å². The van der Waals surface area contributed by atoms with Crippen molar-refractivity contribution in [2.75, 3.05) is 0 Å². The molecule has 0 saturated heterocycles. The van der Waals surface area contributed by atoms with Crippen LogP contribution in [0.5, 0.6) is 0 Å². The predicted molar refractivity (Wildman–Crippen MR) is 49.9 cm³/mol. The summed E-state index contributed by atoms with van der Waals surface area (Å²) >= 11 is 2.76. The highest BCUT2D eigenvalue weighted by Crippen LogP contribution is 2.44. The van der Waals surface area contributed by atoms with Crippen LogP contribution in [0.15, 0.2) is 22.9 Å². The molecule has 90 valence electrons. The average Bonchev–Trinajstić information content (AvgIpc) is 2.15. The second-order valence-electron chi connectivity index (χ2n) is 2.98. The van der Waals surface area contributed by atoms with Crippen LogP contribution < -0.4 is 5.73 Å². The van der Waals surface area contributed by atoms with Gasteiger partial charge in [0, 0.05) is 11.8 Å². The maximum atomic E-state index is 12.9. The van der Waals surface area contributed by atoms with E-state index in [2.05, 4.69) is 20.9 Å². The highest BCUT2D eigenvalue weighted by atomic mass is 79.9. The van der Waals surface area contributed by atoms with Gasteiger partial charge < -0.3 is 5.73 Å². The fraction of sp³-hybridized carbons (Fsp3) is 0.375. The highest BCUT2D eigenvalue weighted by molar-refractivity contribution is 9.10. The smallest absolute Gasteiger partial charge is 0.319 e. The zero-order valence-corrected chi connectivity index (χ0v) is 9.19. The number of rotatable bonds is 2. The third-order valence-corrected chi connectivity index (χ3v) is 2.55. The lowest BCUT2D eigenvalue weighted by Crippen LogP contribution is -2.46. The maximum Gasteiger partial charge on any atom is 0.455 e. The summed E-state index contributed by atoms with van der Waals surface area (Å²) in [6.07, 6.45) is -4.45. The molecule has 2 nitrogen and oxygen atoms in total. The van der Waals surface area contributed by atoms with E-state index in [-0.39, 0.29) is 4.60 Å². The van der Waals surface area contributed by atoms with Crippen LogP contribution in [-0.4, -0.2) is 17.1 Å². The molecule has 0 spiro atoms. The first kappa shape index (κ1) is 13.3. The Bertz CT molecular complexity index is 379. The summed E-state index contributed by atoms with van der Waals surface area (Å²) < 4.78 is 61.8. The largest absolute Gasteiger partial charge is 0.455 e. The fourth-order valence-electron chi connectivity index (χ4n) is 1.00. The summed E-state index contributed by atoms with van der Waals surface area (Å²) in [6, 6.07) is -0.205. The van der Waals surface area contributed by atoms with E-state index in [4.69, 9.17) is 5.73 Å². The number of aromatic nitrogens is 1. The molecule has 0 radical (unpaired) electrons. The predicted octanol–water partition coefficient (Wildman–Crippen LogP) is 3.04. The van der Waals surface area contributed by atoms with Gasteiger partial charge in [0.1, 0.15) is 10.6 Å². The minimum absolute atomic E-state index is 0.133. The first-order valence-corrected chi connectivity index (χ1v) is 4.77. The van der Waals surface area contributed by atoms with Gasteiger partial charge in [-0.1, -0.05) is 6.07 Å². The van der Waals surface area contributed by atoms with Crippen molar-refractivity contribution in [2.45, 2.75) is 18.1 Å². The molecule has 0 aromatic carbocycles. The molecule has 0 fully saturated rings. The van der Waals surface area contributed by atoms with Gasteiger partial charge in [-0.05, 0) is 22.0 Å². The summed E-state index contributed by atoms with van der Waals surface area (Å²) in [5.41, 5.74) is 4.52. The molecular weight excluding hydrogens is 299 g/mol. The van der Waals surface area contributed by atoms with E-state index in [1.807, 2.05) is 0 Å². The van der Waals surface area contributed by atoms with E-state index in [1.165, 1.54) is 12.3 Å². The number of nitrogens with zero attached hydrogens (tertiary/aromatic N) is 1. The molecule has 0 saturated carbocycles. The topological polar surface area (TPSA) is 38.9 Å². The van der Waals surface area contributed by atoms with Crippen LogP contribution in [0.1, 0.15) is 11.6 Å². The molecule has 0 aliphatic carbocycles. The fourth-order valence-corrected chi connectivity index (χ4v) is 1.50. The Kier molecular flexibility index (Phi) is 3.53. The zero-order valence-electron chi connectivity index (χ0n) is 7.60. The Morgan fingerprint density at radius 2 is 1.81 bits per heavy atom. The van der Waals surface area contributed by atoms with Gasteiger partial charge in [-0.15, -0.1) is 0 Å². The van der Waals surface area contributed by atoms with E-state index in [0.717, 1.165) is 6.07 Å². The van der Waals surface area contributed by atoms with Gasteiger partial charge in [0.2, 0.25) is 0 Å². The minimum atomic E-state index is -5.69. The second kappa shape index (κ2) is 4.25. The van der Waals surface area contributed by atoms with E-state index >= 15 is 0 Å². The average molecular weight is 305 g/mol. The van der Waals surface area contributed by atoms with Gasteiger partial charge in [0.25, 0.3) is 0 Å². The van der Waals surface area contributed by atoms with E-state index in [0.29, 0.717) is 0 Å². The normalized spacial score (nSPS) is 14.9. The van der Waals surface area contributed by atoms with Crippen molar-refractivity contribution < 1.29 is 22.0 Å². The standard InChI is InChI=1S/C8H6BrF5N2/c9-6-4(2-1-3-16-6)5(15)7(10,11)8(12,13)14/h1-3,5H,15H2/t5-/m1/s1. The summed E-state index contributed by atoms with van der Waals surface area (Å²) in [5, 5.41) is 0. The van der Waals surface area contributed by atoms with Gasteiger partial charge in [0.05, 0.1) is 0 Å². The highest BCUT2D eigenvalue weighted by Gasteiger charge is 2.62. The first-order chi connectivity index (χ1) is 7.18. The molecule has 2 N–H and O–H groups in total. The van der Waals surface area contributed by atoms with Gasteiger partial charge in [0.15, 0.2) is 0 Å². The third kappa shape index (κ3) is 2.32. The lowest BCUT2D eigenvalue weighted by molar-refractivity contribution is -0.291. The van der Waals surface area contributed by atoms with Gasteiger partial charge in [-0.25, -0.2) is 4.98 Å². The zero-order chi connectivity index (χ0) is 12.6. The number of alkyl halides is 5. The second-order valence-corrected chi connectivity index (χ2v) is 3.73. The summed E-state index contributed by atoms with van der Waals surface area (Å²) in [7, 11) is 0. The summed E-state index contributed by atoms with van der Waals surface area (Å²) in [5.74, 6) is -5.00. The quantitative estimate of drug-likeness (QED) is 0.674. The molecule has 0 unspecified atom stereocenters. The van der Waals surface area contributed by atoms with E-state index in [9.17, 15) is 22.0 Å². The number of hydrogen-bond acceptors (Lipinski definition) is 2. The van der Waals surface area contributed by atoms with Crippen molar-refractivity contribution in [3.05, 3.63) is 28.5 Å². The third-order valence-electron chi connectivity index (χ3n) is 1.89. The van der Waals surface area contributed by atoms with E-state index in [1.54, 1.807) is 0 Å². The molecule has 8 heteroatoms. The SMILES string of the molecule is N[C@H](c1cccnc1Br)C(F)(F)C(F)(F)F. The number of halogens is 6. The Balaban J connectivity index is 3.12. The Hall–Kier alpha value is -0.760. The van der Waals surface area contributed by atoms with Crippen molar-refractivity contribution in [3.8, 4) is 0 Å². The molecule has 0 aliphatic heterocycles. The maximum absolute atomic E-state index is 12.9. The molecule has 1 atom stereocenters. The molecular formula is C8H6BrF5N2. The van der Waals surface area contributed by atoms with Crippen LogP contribution in [0.3, 0.4) is 0 Å². The van der Waals surface area contributed by atoms with Crippen LogP contribution in [0.25, 0.3) is 0 Å². The Morgan fingerprint density at radius 1 is 1.25 bits per heavy atom. The molecule has 0 aliphatic rings. The molecule has 0 amide bonds. The van der Waals surface area contributed by atoms with Crippen LogP contribution in [0.2, 0.25) is 0 Å². The van der Waals surface area contributed by atoms with Crippen molar-refractivity contribution in [3.63, 3.8) is 0 Å². The molecule has 1 rings (SSSR count). The first-order valence-electron chi connectivity index (χ1n) is 3.98. The van der Waals surface area contributed by atoms with Crippen LogP contribution >= 0.6 is 15.9 Å². The van der Waals surface area contributed by atoms with Gasteiger partial charge in [-0.3, -0.25) is 0 Å². The molecule has 0 bridgehead atoms. The molecule has 16 heavy (non-hydrogen) atoms. The molecule has 1 aromatic rings. The van der Waals surface area contributed by atoms with Crippen LogP contribution in [-0.2, 0) is 0 Å². The van der Waals surface area contributed by atoms with Crippen LogP contribution in [0.4, 0.5) is 22.0 Å². The van der Waals surface area contributed by atoms with Gasteiger partial charge in [-0.2, -0.15) is 22.0 Å². The summed E-state index contributed by atoms with van der Waals surface area (Å²) in [4.78, 5) is 3.53. The lowest BCUT2D eigenvalue weighted by Gasteiger charge is -2.26. The number of nitrogens with two attached hydrogens (primary N) is 1. The van der Waals surface area contributed by atoms with Crippen LogP contribution in [0, 0.1) is 0 Å². The Labute approximate surface area is 95.8 Å². The van der Waals surface area contributed by atoms with Crippen molar-refractivity contribution in [1.82, 2.24) is 4.98 Å². The van der Waals surface area contributed by atoms with Crippen molar-refractivity contribution in [1.29, 1.82) is 0 Å².